The van der Waals surface area contributed by atoms with Gasteiger partial charge in [0, 0.05) is 50.9 Å². The van der Waals surface area contributed by atoms with Crippen LogP contribution in [0, 0.1) is 47.3 Å². The van der Waals surface area contributed by atoms with Gasteiger partial charge in [-0.25, -0.2) is 5.01 Å². The Labute approximate surface area is 274 Å². The van der Waals surface area contributed by atoms with Gasteiger partial charge in [0.05, 0.1) is 6.04 Å². The van der Waals surface area contributed by atoms with Crippen LogP contribution >= 0.6 is 23.5 Å². The number of hydrazine groups is 1. The summed E-state index contributed by atoms with van der Waals surface area (Å²) in [5, 5.41) is 8.71. The molecule has 6 heterocycles. The SMILES string of the molecule is C1=CN2C3C1CCCC3C1C3CC4Sc5ccccc5B5C4C(C3CC3SC4CCCCC4N2C31)C1CCCC2CCN5C21. The van der Waals surface area contributed by atoms with Crippen molar-refractivity contribution >= 4 is 35.8 Å². The molecule has 44 heavy (non-hydrogen) atoms. The zero-order valence-corrected chi connectivity index (χ0v) is 28.0. The number of hydrogen-bond acceptors (Lipinski definition) is 5. The fourth-order valence-electron chi connectivity index (χ4n) is 15.4. The molecule has 9 fully saturated rings. The summed E-state index contributed by atoms with van der Waals surface area (Å²) in [7, 11) is 0. The zero-order valence-electron chi connectivity index (χ0n) is 26.3. The average Bonchev–Trinajstić information content (AvgIpc) is 3.70. The minimum Gasteiger partial charge on any atom is -0.334 e. The first-order valence-corrected chi connectivity index (χ1v) is 21.1. The van der Waals surface area contributed by atoms with Gasteiger partial charge in [-0.1, -0.05) is 50.0 Å². The van der Waals surface area contributed by atoms with Gasteiger partial charge in [-0.15, -0.1) is 11.8 Å². The molecule has 6 heteroatoms. The number of fused-ring (bicyclic) bond motifs is 11. The van der Waals surface area contributed by atoms with Crippen molar-refractivity contribution in [3.05, 3.63) is 36.5 Å². The lowest BCUT2D eigenvalue weighted by atomic mass is 9.32. The molecule has 0 radical (unpaired) electrons. The van der Waals surface area contributed by atoms with E-state index in [9.17, 15) is 0 Å². The van der Waals surface area contributed by atoms with Crippen LogP contribution in [0.1, 0.15) is 83.5 Å². The van der Waals surface area contributed by atoms with Crippen molar-refractivity contribution in [2.75, 3.05) is 6.54 Å². The van der Waals surface area contributed by atoms with Gasteiger partial charge < -0.3 is 9.82 Å². The molecular weight excluding hydrogens is 573 g/mol. The molecule has 1 aromatic carbocycles. The molecule has 1 aromatic rings. The molecule has 0 bridgehead atoms. The van der Waals surface area contributed by atoms with Crippen LogP contribution in [0.2, 0.25) is 5.82 Å². The molecule has 0 amide bonds. The first kappa shape index (κ1) is 26.4. The molecule has 0 aromatic heterocycles. The molecule has 11 aliphatic rings. The van der Waals surface area contributed by atoms with E-state index < -0.39 is 0 Å². The van der Waals surface area contributed by atoms with E-state index in [2.05, 4.69) is 74.9 Å². The van der Waals surface area contributed by atoms with Crippen LogP contribution in [0.3, 0.4) is 0 Å². The van der Waals surface area contributed by atoms with Crippen molar-refractivity contribution in [3.8, 4) is 0 Å². The fourth-order valence-corrected chi connectivity index (χ4v) is 19.0. The second kappa shape index (κ2) is 9.53. The monoisotopic (exact) mass is 623 g/mol. The molecule has 5 aliphatic carbocycles. The van der Waals surface area contributed by atoms with Crippen LogP contribution < -0.4 is 5.46 Å². The van der Waals surface area contributed by atoms with Gasteiger partial charge in [-0.2, -0.15) is 11.8 Å². The summed E-state index contributed by atoms with van der Waals surface area (Å²) in [4.78, 5) is 4.82. The Kier molecular flexibility index (Phi) is 5.72. The molecule has 232 valence electrons. The van der Waals surface area contributed by atoms with Gasteiger partial charge in [-0.05, 0) is 123 Å². The first-order valence-electron chi connectivity index (χ1n) is 19.3. The molecule has 4 saturated heterocycles. The van der Waals surface area contributed by atoms with E-state index in [4.69, 9.17) is 0 Å². The minimum absolute atomic E-state index is 0.712. The zero-order chi connectivity index (χ0) is 28.3. The highest BCUT2D eigenvalue weighted by atomic mass is 32.2. The predicted molar refractivity (Wildman–Crippen MR) is 183 cm³/mol. The van der Waals surface area contributed by atoms with Crippen LogP contribution in [0.5, 0.6) is 0 Å². The Bertz CT molecular complexity index is 1390. The Morgan fingerprint density at radius 1 is 0.705 bits per heavy atom. The van der Waals surface area contributed by atoms with E-state index in [-0.39, 0.29) is 0 Å². The Hall–Kier alpha value is -0.555. The molecule has 12 rings (SSSR count). The second-order valence-electron chi connectivity index (χ2n) is 17.4. The third-order valence-corrected chi connectivity index (χ3v) is 19.4. The van der Waals surface area contributed by atoms with Crippen LogP contribution in [0.25, 0.3) is 0 Å². The largest absolute Gasteiger partial charge is 0.334 e. The van der Waals surface area contributed by atoms with Gasteiger partial charge in [0.25, 0.3) is 6.85 Å². The normalized spacial score (nSPS) is 54.4. The van der Waals surface area contributed by atoms with E-state index in [0.29, 0.717) is 6.85 Å². The predicted octanol–water partition coefficient (Wildman–Crippen LogP) is 7.15. The molecule has 3 nitrogen and oxygen atoms in total. The maximum atomic E-state index is 3.17. The summed E-state index contributed by atoms with van der Waals surface area (Å²) < 4.78 is 0. The van der Waals surface area contributed by atoms with Crippen molar-refractivity contribution in [3.63, 3.8) is 0 Å². The summed E-state index contributed by atoms with van der Waals surface area (Å²) in [5.74, 6) is 8.48. The molecule has 5 saturated carbocycles. The first-order chi connectivity index (χ1) is 21.8. The summed E-state index contributed by atoms with van der Waals surface area (Å²) >= 11 is 4.93. The van der Waals surface area contributed by atoms with Crippen molar-refractivity contribution in [1.82, 2.24) is 14.8 Å². The lowest BCUT2D eigenvalue weighted by Gasteiger charge is -2.71. The van der Waals surface area contributed by atoms with Gasteiger partial charge in [0.1, 0.15) is 0 Å². The van der Waals surface area contributed by atoms with E-state index in [0.717, 1.165) is 93.1 Å². The van der Waals surface area contributed by atoms with E-state index in [1.54, 1.807) is 23.2 Å². The highest BCUT2D eigenvalue weighted by Gasteiger charge is 2.69. The van der Waals surface area contributed by atoms with Crippen molar-refractivity contribution in [1.29, 1.82) is 0 Å². The third-order valence-electron chi connectivity index (χ3n) is 16.3. The standard InChI is InChI=1S/C38H50BN3S2/c1-3-13-29-27(11-1)39-35-31(43-29)19-26-25(33(35)23-9-5-7-21-15-17-40(39)36(21)23)20-32-38-34(26)24-10-6-8-22-16-18-41(37(22)24)42(38)28-12-2-4-14-30(28)44-32/h1,3,11,13,16,18,21-26,28,30-38H,2,4-10,12,14-15,17,19-20H2. The lowest BCUT2D eigenvalue weighted by Crippen LogP contribution is -2.77. The highest BCUT2D eigenvalue weighted by molar-refractivity contribution is 8.00. The van der Waals surface area contributed by atoms with E-state index >= 15 is 0 Å². The highest BCUT2D eigenvalue weighted by Crippen LogP contribution is 2.69. The molecule has 0 N–H and O–H groups in total. The topological polar surface area (TPSA) is 9.72 Å². The quantitative estimate of drug-likeness (QED) is 0.283. The second-order valence-corrected chi connectivity index (χ2v) is 20.2. The van der Waals surface area contributed by atoms with Gasteiger partial charge in [0.15, 0.2) is 0 Å². The third kappa shape index (κ3) is 3.29. The molecule has 16 atom stereocenters. The number of hydrogen-bond donors (Lipinski definition) is 0. The van der Waals surface area contributed by atoms with Gasteiger partial charge >= 0.3 is 0 Å². The summed E-state index contributed by atoms with van der Waals surface area (Å²) in [5.41, 5.74) is 1.74. The van der Waals surface area contributed by atoms with Crippen LogP contribution in [0.4, 0.5) is 0 Å². The molecule has 16 unspecified atom stereocenters. The lowest BCUT2D eigenvalue weighted by molar-refractivity contribution is -0.217. The Morgan fingerprint density at radius 2 is 1.55 bits per heavy atom. The van der Waals surface area contributed by atoms with Gasteiger partial charge in [-0.3, -0.25) is 0 Å². The van der Waals surface area contributed by atoms with E-state index in [1.165, 1.54) is 77.2 Å². The fraction of sp³-hybridized carbons (Fsp3) is 0.789. The molecule has 0 spiro atoms. The number of nitrogens with zero attached hydrogens (tertiary/aromatic N) is 3. The Balaban J connectivity index is 1.02. The number of rotatable bonds is 0. The smallest absolute Gasteiger partial charge is 0.263 e. The molecule has 6 aliphatic heterocycles. The summed E-state index contributed by atoms with van der Waals surface area (Å²) in [6.45, 7) is 2.10. The Morgan fingerprint density at radius 3 is 2.52 bits per heavy atom. The van der Waals surface area contributed by atoms with Crippen LogP contribution in [-0.4, -0.2) is 68.1 Å². The number of benzene rings is 1. The van der Waals surface area contributed by atoms with Crippen LogP contribution in [-0.2, 0) is 0 Å². The van der Waals surface area contributed by atoms with Gasteiger partial charge in [0.2, 0.25) is 0 Å². The average molecular weight is 624 g/mol. The summed E-state index contributed by atoms with van der Waals surface area (Å²) in [6.07, 6.45) is 24.8. The van der Waals surface area contributed by atoms with Crippen molar-refractivity contribution < 1.29 is 0 Å². The van der Waals surface area contributed by atoms with Crippen molar-refractivity contribution in [2.45, 2.75) is 134 Å². The van der Waals surface area contributed by atoms with Crippen LogP contribution in [0.15, 0.2) is 41.4 Å². The summed E-state index contributed by atoms with van der Waals surface area (Å²) in [6, 6.07) is 13.1. The van der Waals surface area contributed by atoms with E-state index in [1.807, 2.05) is 0 Å². The maximum absolute atomic E-state index is 3.17. The maximum Gasteiger partial charge on any atom is 0.263 e. The number of thioether (sulfide) groups is 2. The van der Waals surface area contributed by atoms with Crippen molar-refractivity contribution in [2.24, 2.45) is 47.3 Å². The minimum atomic E-state index is 0.712. The molecular formula is C38H50BN3S2.